The summed E-state index contributed by atoms with van der Waals surface area (Å²) in [6, 6.07) is 4.92. The number of nitrogens with zero attached hydrogens (tertiary/aromatic N) is 1. The van der Waals surface area contributed by atoms with Gasteiger partial charge in [0.1, 0.15) is 0 Å². The van der Waals surface area contributed by atoms with Crippen molar-refractivity contribution in [3.05, 3.63) is 38.7 Å². The number of imide groups is 1. The first-order valence-electron chi connectivity index (χ1n) is 7.39. The lowest BCUT2D eigenvalue weighted by Crippen LogP contribution is -2.37. The molecule has 5 nitrogen and oxygen atoms in total. The molecular weight excluding hydrogens is 371 g/mol. The van der Waals surface area contributed by atoms with E-state index in [1.54, 1.807) is 24.3 Å². The molecule has 2 rings (SSSR count). The molecule has 128 valence electrons. The van der Waals surface area contributed by atoms with Gasteiger partial charge >= 0.3 is 0 Å². The van der Waals surface area contributed by atoms with Gasteiger partial charge in [0.05, 0.1) is 4.91 Å². The number of hydrogen-bond acceptors (Lipinski definition) is 4. The van der Waals surface area contributed by atoms with Gasteiger partial charge in [0, 0.05) is 29.6 Å². The fraction of sp³-hybridized carbons (Fsp3) is 0.312. The van der Waals surface area contributed by atoms with Crippen LogP contribution in [0.2, 0.25) is 10.0 Å². The molecule has 0 aromatic heterocycles. The molecule has 1 N–H and O–H groups in total. The number of thioether (sulfide) groups is 1. The highest BCUT2D eigenvalue weighted by Crippen LogP contribution is 2.33. The number of carbonyl (C=O) groups excluding carboxylic acids is 3. The van der Waals surface area contributed by atoms with Crippen molar-refractivity contribution in [3.8, 4) is 0 Å². The standard InChI is InChI=1S/C16H16Cl2N2O3S/c1-2-3-14(21)19-6-7-20-15(22)13(24-16(20)23)8-10-4-5-11(17)9-12(10)18/h4-5,8-9H,2-3,6-7H2,1H3,(H,19,21)/b13-8-. The van der Waals surface area contributed by atoms with Crippen LogP contribution in [0.25, 0.3) is 6.08 Å². The number of benzene rings is 1. The van der Waals surface area contributed by atoms with Crippen LogP contribution in [0.3, 0.4) is 0 Å². The van der Waals surface area contributed by atoms with E-state index in [1.165, 1.54) is 0 Å². The zero-order valence-corrected chi connectivity index (χ0v) is 15.3. The van der Waals surface area contributed by atoms with E-state index >= 15 is 0 Å². The fourth-order valence-electron chi connectivity index (χ4n) is 2.08. The van der Waals surface area contributed by atoms with Crippen LogP contribution in [0.4, 0.5) is 4.79 Å². The van der Waals surface area contributed by atoms with Crippen LogP contribution in [0, 0.1) is 0 Å². The lowest BCUT2D eigenvalue weighted by atomic mass is 10.2. The van der Waals surface area contributed by atoms with Gasteiger partial charge in [0.2, 0.25) is 5.91 Å². The predicted molar refractivity (Wildman–Crippen MR) is 97.1 cm³/mol. The molecule has 1 aromatic carbocycles. The zero-order valence-electron chi connectivity index (χ0n) is 13.0. The third-order valence-corrected chi connectivity index (χ3v) is 4.73. The summed E-state index contributed by atoms with van der Waals surface area (Å²) < 4.78 is 0. The number of hydrogen-bond donors (Lipinski definition) is 1. The average Bonchev–Trinajstić information content (AvgIpc) is 2.78. The second-order valence-electron chi connectivity index (χ2n) is 5.10. The molecule has 0 spiro atoms. The summed E-state index contributed by atoms with van der Waals surface area (Å²) >= 11 is 12.8. The third-order valence-electron chi connectivity index (χ3n) is 3.26. The fourth-order valence-corrected chi connectivity index (χ4v) is 3.39. The van der Waals surface area contributed by atoms with Crippen molar-refractivity contribution in [3.63, 3.8) is 0 Å². The molecule has 0 saturated carbocycles. The van der Waals surface area contributed by atoms with Gasteiger partial charge < -0.3 is 5.32 Å². The Morgan fingerprint density at radius 3 is 2.75 bits per heavy atom. The minimum Gasteiger partial charge on any atom is -0.354 e. The number of amides is 3. The van der Waals surface area contributed by atoms with E-state index in [-0.39, 0.29) is 30.1 Å². The maximum atomic E-state index is 12.3. The monoisotopic (exact) mass is 386 g/mol. The first-order valence-corrected chi connectivity index (χ1v) is 8.96. The Labute approximate surface area is 154 Å². The lowest BCUT2D eigenvalue weighted by Gasteiger charge is -2.12. The Bertz CT molecular complexity index is 707. The third kappa shape index (κ3) is 4.75. The Morgan fingerprint density at radius 2 is 2.08 bits per heavy atom. The Kier molecular flexibility index (Phi) is 6.71. The van der Waals surface area contributed by atoms with Crippen LogP contribution in [-0.4, -0.2) is 35.0 Å². The van der Waals surface area contributed by atoms with E-state index in [0.29, 0.717) is 26.9 Å². The van der Waals surface area contributed by atoms with E-state index < -0.39 is 0 Å². The van der Waals surface area contributed by atoms with Crippen LogP contribution in [0.5, 0.6) is 0 Å². The smallest absolute Gasteiger partial charge is 0.293 e. The van der Waals surface area contributed by atoms with E-state index in [0.717, 1.165) is 23.1 Å². The van der Waals surface area contributed by atoms with Gasteiger partial charge in [0.25, 0.3) is 11.1 Å². The molecule has 0 radical (unpaired) electrons. The molecular formula is C16H16Cl2N2O3S. The first kappa shape index (κ1) is 18.8. The molecule has 1 fully saturated rings. The summed E-state index contributed by atoms with van der Waals surface area (Å²) in [7, 11) is 0. The first-order chi connectivity index (χ1) is 11.4. The highest BCUT2D eigenvalue weighted by Gasteiger charge is 2.34. The molecule has 1 aliphatic rings. The Hall–Kier alpha value is -1.50. The molecule has 0 bridgehead atoms. The van der Waals surface area contributed by atoms with E-state index in [1.807, 2.05) is 6.92 Å². The SMILES string of the molecule is CCCC(=O)NCCN1C(=O)S/C(=C\c2ccc(Cl)cc2Cl)C1=O. The van der Waals surface area contributed by atoms with Crippen LogP contribution in [-0.2, 0) is 9.59 Å². The summed E-state index contributed by atoms with van der Waals surface area (Å²) in [6.45, 7) is 2.29. The summed E-state index contributed by atoms with van der Waals surface area (Å²) in [5.41, 5.74) is 0.614. The summed E-state index contributed by atoms with van der Waals surface area (Å²) in [5, 5.41) is 3.22. The topological polar surface area (TPSA) is 66.5 Å². The van der Waals surface area contributed by atoms with Crippen molar-refractivity contribution in [1.82, 2.24) is 10.2 Å². The number of halogens is 2. The summed E-state index contributed by atoms with van der Waals surface area (Å²) in [4.78, 5) is 37.1. The van der Waals surface area contributed by atoms with Crippen molar-refractivity contribution in [2.24, 2.45) is 0 Å². The molecule has 1 aliphatic heterocycles. The number of nitrogens with one attached hydrogen (secondary N) is 1. The normalized spacial score (nSPS) is 16.1. The largest absolute Gasteiger partial charge is 0.354 e. The zero-order chi connectivity index (χ0) is 17.7. The minimum absolute atomic E-state index is 0.0899. The Morgan fingerprint density at radius 1 is 1.33 bits per heavy atom. The predicted octanol–water partition coefficient (Wildman–Crippen LogP) is 3.95. The van der Waals surface area contributed by atoms with Gasteiger partial charge in [-0.25, -0.2) is 0 Å². The Balaban J connectivity index is 2.03. The van der Waals surface area contributed by atoms with Gasteiger partial charge in [-0.05, 0) is 42.0 Å². The van der Waals surface area contributed by atoms with Crippen LogP contribution < -0.4 is 5.32 Å². The van der Waals surface area contributed by atoms with Crippen LogP contribution >= 0.6 is 35.0 Å². The number of carbonyl (C=O) groups is 3. The van der Waals surface area contributed by atoms with Gasteiger partial charge in [0.15, 0.2) is 0 Å². The molecule has 0 atom stereocenters. The molecule has 0 aliphatic carbocycles. The van der Waals surface area contributed by atoms with Crippen LogP contribution in [0.1, 0.15) is 25.3 Å². The molecule has 24 heavy (non-hydrogen) atoms. The van der Waals surface area contributed by atoms with Gasteiger partial charge in [-0.3, -0.25) is 19.3 Å². The quantitative estimate of drug-likeness (QED) is 0.751. The molecule has 1 aromatic rings. The van der Waals surface area contributed by atoms with Crippen molar-refractivity contribution >= 4 is 58.1 Å². The van der Waals surface area contributed by atoms with E-state index in [2.05, 4.69) is 5.32 Å². The van der Waals surface area contributed by atoms with Crippen molar-refractivity contribution in [1.29, 1.82) is 0 Å². The second-order valence-corrected chi connectivity index (χ2v) is 6.94. The van der Waals surface area contributed by atoms with Gasteiger partial charge in [-0.15, -0.1) is 0 Å². The van der Waals surface area contributed by atoms with Crippen molar-refractivity contribution in [2.45, 2.75) is 19.8 Å². The highest BCUT2D eigenvalue weighted by molar-refractivity contribution is 8.18. The molecule has 1 saturated heterocycles. The lowest BCUT2D eigenvalue weighted by molar-refractivity contribution is -0.124. The molecule has 1 heterocycles. The second kappa shape index (κ2) is 8.55. The summed E-state index contributed by atoms with van der Waals surface area (Å²) in [6.07, 6.45) is 2.74. The van der Waals surface area contributed by atoms with Gasteiger partial charge in [-0.1, -0.05) is 36.2 Å². The highest BCUT2D eigenvalue weighted by atomic mass is 35.5. The average molecular weight is 387 g/mol. The minimum atomic E-state index is -0.388. The summed E-state index contributed by atoms with van der Waals surface area (Å²) in [5.74, 6) is -0.478. The van der Waals surface area contributed by atoms with E-state index in [9.17, 15) is 14.4 Å². The molecule has 3 amide bonds. The molecule has 0 unspecified atom stereocenters. The van der Waals surface area contributed by atoms with Crippen molar-refractivity contribution < 1.29 is 14.4 Å². The maximum Gasteiger partial charge on any atom is 0.293 e. The number of rotatable bonds is 6. The van der Waals surface area contributed by atoms with Crippen molar-refractivity contribution in [2.75, 3.05) is 13.1 Å². The molecule has 8 heteroatoms. The maximum absolute atomic E-state index is 12.3. The van der Waals surface area contributed by atoms with Gasteiger partial charge in [-0.2, -0.15) is 0 Å². The van der Waals surface area contributed by atoms with Crippen LogP contribution in [0.15, 0.2) is 23.1 Å². The van der Waals surface area contributed by atoms with E-state index in [4.69, 9.17) is 23.2 Å².